The van der Waals surface area contributed by atoms with E-state index in [2.05, 4.69) is 4.98 Å². The fourth-order valence-electron chi connectivity index (χ4n) is 3.47. The Balaban J connectivity index is 1.55. The number of hydrogen-bond acceptors (Lipinski definition) is 5. The molecule has 0 spiro atoms. The molecule has 1 heterocycles. The lowest BCUT2D eigenvalue weighted by atomic mass is 10.1. The minimum absolute atomic E-state index is 0.269. The van der Waals surface area contributed by atoms with Gasteiger partial charge in [-0.1, -0.05) is 18.2 Å². The molecular weight excluding hydrogens is 392 g/mol. The molecular formula is C25H24N2O4. The van der Waals surface area contributed by atoms with Crippen LogP contribution in [0.15, 0.2) is 60.7 Å². The van der Waals surface area contributed by atoms with Crippen molar-refractivity contribution in [3.8, 4) is 17.2 Å². The number of ether oxygens (including phenoxy) is 3. The topological polar surface area (TPSA) is 62.6 Å². The maximum absolute atomic E-state index is 11.9. The molecule has 0 aliphatic carbocycles. The third-order valence-electron chi connectivity index (χ3n) is 5.22. The third-order valence-corrected chi connectivity index (χ3v) is 5.22. The van der Waals surface area contributed by atoms with E-state index in [4.69, 9.17) is 14.2 Å². The van der Waals surface area contributed by atoms with Crippen molar-refractivity contribution < 1.29 is 19.0 Å². The number of aryl methyl sites for hydroxylation is 2. The van der Waals surface area contributed by atoms with Crippen molar-refractivity contribution in [3.05, 3.63) is 83.2 Å². The molecule has 1 aromatic heterocycles. The quantitative estimate of drug-likeness (QED) is 0.397. The van der Waals surface area contributed by atoms with Gasteiger partial charge in [0.05, 0.1) is 23.7 Å². The summed E-state index contributed by atoms with van der Waals surface area (Å²) in [7, 11) is 3.31. The number of aromatic nitrogens is 2. The first kappa shape index (κ1) is 20.5. The molecule has 0 fully saturated rings. The second-order valence-electron chi connectivity index (χ2n) is 7.37. The van der Waals surface area contributed by atoms with Gasteiger partial charge in [-0.25, -0.2) is 9.78 Å². The summed E-state index contributed by atoms with van der Waals surface area (Å²) < 4.78 is 18.8. The molecule has 0 amide bonds. The van der Waals surface area contributed by atoms with E-state index < -0.39 is 0 Å². The van der Waals surface area contributed by atoms with Gasteiger partial charge in [-0.15, -0.1) is 0 Å². The Kier molecular flexibility index (Phi) is 5.62. The molecule has 6 nitrogen and oxygen atoms in total. The monoisotopic (exact) mass is 416 g/mol. The second kappa shape index (κ2) is 8.52. The Bertz CT molecular complexity index is 1260. The maximum Gasteiger partial charge on any atom is 0.338 e. The van der Waals surface area contributed by atoms with E-state index in [1.807, 2.05) is 74.0 Å². The van der Waals surface area contributed by atoms with Crippen LogP contribution in [0.3, 0.4) is 0 Å². The van der Waals surface area contributed by atoms with Crippen molar-refractivity contribution in [2.45, 2.75) is 20.5 Å². The minimum Gasteiger partial charge on any atom is -0.485 e. The highest BCUT2D eigenvalue weighted by atomic mass is 16.5. The number of nitrogens with zero attached hydrogens (tertiary/aromatic N) is 2. The zero-order valence-corrected chi connectivity index (χ0v) is 18.0. The van der Waals surface area contributed by atoms with E-state index in [0.29, 0.717) is 11.3 Å². The van der Waals surface area contributed by atoms with Crippen molar-refractivity contribution in [2.24, 2.45) is 7.05 Å². The van der Waals surface area contributed by atoms with Gasteiger partial charge >= 0.3 is 5.97 Å². The summed E-state index contributed by atoms with van der Waals surface area (Å²) in [5.41, 5.74) is 4.18. The van der Waals surface area contributed by atoms with Crippen LogP contribution in [0, 0.1) is 13.8 Å². The molecule has 0 atom stereocenters. The number of methoxy groups -OCH3 is 1. The van der Waals surface area contributed by atoms with Crippen LogP contribution >= 0.6 is 0 Å². The Morgan fingerprint density at radius 3 is 2.55 bits per heavy atom. The number of esters is 1. The van der Waals surface area contributed by atoms with Gasteiger partial charge in [0.25, 0.3) is 0 Å². The smallest absolute Gasteiger partial charge is 0.338 e. The van der Waals surface area contributed by atoms with E-state index in [1.165, 1.54) is 7.11 Å². The molecule has 0 aliphatic heterocycles. The first-order valence-corrected chi connectivity index (χ1v) is 9.97. The number of carbonyl (C=O) groups is 1. The number of rotatable bonds is 6. The fourth-order valence-corrected chi connectivity index (χ4v) is 3.47. The van der Waals surface area contributed by atoms with Crippen LogP contribution in [-0.2, 0) is 18.4 Å². The van der Waals surface area contributed by atoms with E-state index in [-0.39, 0.29) is 12.6 Å². The Morgan fingerprint density at radius 2 is 1.77 bits per heavy atom. The van der Waals surface area contributed by atoms with Crippen LogP contribution in [0.5, 0.6) is 17.2 Å². The van der Waals surface area contributed by atoms with E-state index in [0.717, 1.165) is 39.5 Å². The molecule has 4 rings (SSSR count). The van der Waals surface area contributed by atoms with Crippen molar-refractivity contribution in [1.29, 1.82) is 0 Å². The molecule has 31 heavy (non-hydrogen) atoms. The Labute approximate surface area is 181 Å². The van der Waals surface area contributed by atoms with Gasteiger partial charge in [0, 0.05) is 18.7 Å². The fraction of sp³-hybridized carbons (Fsp3) is 0.200. The average molecular weight is 416 g/mol. The van der Waals surface area contributed by atoms with Crippen LogP contribution in [0.2, 0.25) is 0 Å². The zero-order valence-electron chi connectivity index (χ0n) is 18.0. The summed E-state index contributed by atoms with van der Waals surface area (Å²) in [4.78, 5) is 16.6. The molecule has 4 aromatic rings. The molecule has 0 N–H and O–H groups in total. The molecule has 0 saturated heterocycles. The minimum atomic E-state index is -0.383. The predicted molar refractivity (Wildman–Crippen MR) is 119 cm³/mol. The number of hydrogen-bond donors (Lipinski definition) is 0. The van der Waals surface area contributed by atoms with Gasteiger partial charge in [-0.3, -0.25) is 0 Å². The normalized spacial score (nSPS) is 10.8. The molecule has 0 bridgehead atoms. The molecule has 158 valence electrons. The highest BCUT2D eigenvalue weighted by Gasteiger charge is 2.14. The average Bonchev–Trinajstić information content (AvgIpc) is 3.08. The van der Waals surface area contributed by atoms with Gasteiger partial charge in [0.15, 0.2) is 0 Å². The van der Waals surface area contributed by atoms with Crippen LogP contribution in [0.25, 0.3) is 11.0 Å². The standard InChI is InChI=1S/C25H24N2O4/c1-16-7-5-8-18(13-16)31-19-11-12-21-22(14-19)27(3)24(26-21)15-30-23-10-6-9-20(17(23)2)25(28)29-4/h5-14H,15H2,1-4H3. The van der Waals surface area contributed by atoms with Gasteiger partial charge < -0.3 is 18.8 Å². The highest BCUT2D eigenvalue weighted by Crippen LogP contribution is 2.27. The maximum atomic E-state index is 11.9. The summed E-state index contributed by atoms with van der Waals surface area (Å²) in [6, 6.07) is 19.1. The largest absolute Gasteiger partial charge is 0.485 e. The van der Waals surface area contributed by atoms with Gasteiger partial charge in [-0.05, 0) is 55.8 Å². The summed E-state index contributed by atoms with van der Waals surface area (Å²) in [5.74, 6) is 2.55. The van der Waals surface area contributed by atoms with E-state index >= 15 is 0 Å². The number of benzene rings is 3. The molecule has 0 saturated carbocycles. The molecule has 0 aliphatic rings. The van der Waals surface area contributed by atoms with Crippen molar-refractivity contribution in [1.82, 2.24) is 9.55 Å². The van der Waals surface area contributed by atoms with Crippen LogP contribution in [-0.4, -0.2) is 22.6 Å². The predicted octanol–water partition coefficient (Wildman–Crippen LogP) is 5.35. The van der Waals surface area contributed by atoms with Crippen molar-refractivity contribution >= 4 is 17.0 Å². The lowest BCUT2D eigenvalue weighted by Gasteiger charge is -2.11. The molecule has 6 heteroatoms. The first-order valence-electron chi connectivity index (χ1n) is 9.97. The summed E-state index contributed by atoms with van der Waals surface area (Å²) in [6.07, 6.45) is 0. The number of fused-ring (bicyclic) bond motifs is 1. The van der Waals surface area contributed by atoms with Gasteiger partial charge in [-0.2, -0.15) is 0 Å². The summed E-state index contributed by atoms with van der Waals surface area (Å²) in [5, 5.41) is 0. The second-order valence-corrected chi connectivity index (χ2v) is 7.37. The lowest BCUT2D eigenvalue weighted by molar-refractivity contribution is 0.0599. The lowest BCUT2D eigenvalue weighted by Crippen LogP contribution is -2.07. The highest BCUT2D eigenvalue weighted by molar-refractivity contribution is 5.91. The SMILES string of the molecule is COC(=O)c1cccc(OCc2nc3ccc(Oc4cccc(C)c4)cc3n2C)c1C. The molecule has 0 radical (unpaired) electrons. The first-order chi connectivity index (χ1) is 15.0. The Morgan fingerprint density at radius 1 is 1.00 bits per heavy atom. The van der Waals surface area contributed by atoms with Gasteiger partial charge in [0.1, 0.15) is 29.7 Å². The van der Waals surface area contributed by atoms with Crippen LogP contribution in [0.4, 0.5) is 0 Å². The van der Waals surface area contributed by atoms with Crippen molar-refractivity contribution in [2.75, 3.05) is 7.11 Å². The third kappa shape index (κ3) is 4.23. The summed E-state index contributed by atoms with van der Waals surface area (Å²) in [6.45, 7) is 4.14. The van der Waals surface area contributed by atoms with E-state index in [1.54, 1.807) is 12.1 Å². The van der Waals surface area contributed by atoms with Crippen LogP contribution < -0.4 is 9.47 Å². The molecule has 3 aromatic carbocycles. The number of imidazole rings is 1. The van der Waals surface area contributed by atoms with E-state index in [9.17, 15) is 4.79 Å². The zero-order chi connectivity index (χ0) is 22.0. The molecule has 0 unspecified atom stereocenters. The van der Waals surface area contributed by atoms with Crippen LogP contribution in [0.1, 0.15) is 27.3 Å². The summed E-state index contributed by atoms with van der Waals surface area (Å²) >= 11 is 0. The number of carbonyl (C=O) groups excluding carboxylic acids is 1. The van der Waals surface area contributed by atoms with Crippen molar-refractivity contribution in [3.63, 3.8) is 0 Å². The Hall–Kier alpha value is -3.80. The van der Waals surface area contributed by atoms with Gasteiger partial charge in [0.2, 0.25) is 0 Å².